The molecule has 0 saturated heterocycles. The van der Waals surface area contributed by atoms with E-state index in [9.17, 15) is 0 Å². The van der Waals surface area contributed by atoms with E-state index in [4.69, 9.17) is 0 Å². The molecule has 0 aliphatic carbocycles. The summed E-state index contributed by atoms with van der Waals surface area (Å²) in [5.74, 6) is 0. The van der Waals surface area contributed by atoms with E-state index in [1.54, 1.807) is 6.08 Å². The standard InChI is InChI=1S/C12H12S/c1-2-3-4-8-11-13-12-9-6-5-7-10-12/h2-11H,1H2/p+1/b4-3-,11-8-. The van der Waals surface area contributed by atoms with Crippen LogP contribution in [0.3, 0.4) is 0 Å². The Hall–Kier alpha value is -1.21. The molecule has 1 rings (SSSR count). The molecule has 0 amide bonds. The van der Waals surface area contributed by atoms with Crippen LogP contribution in [0.2, 0.25) is 0 Å². The van der Waals surface area contributed by atoms with Crippen LogP contribution in [0.25, 0.3) is 0 Å². The first-order chi connectivity index (χ1) is 6.43. The molecule has 0 N–H and O–H groups in total. The molecule has 1 aromatic carbocycles. The normalized spacial score (nSPS) is 11.1. The summed E-state index contributed by atoms with van der Waals surface area (Å²) in [5, 5.41) is 2.11. The third-order valence-electron chi connectivity index (χ3n) is 1.42. The van der Waals surface area contributed by atoms with Gasteiger partial charge in [-0.15, -0.1) is 0 Å². The van der Waals surface area contributed by atoms with Gasteiger partial charge in [0.15, 0.2) is 4.90 Å². The van der Waals surface area contributed by atoms with Crippen molar-refractivity contribution in [2.75, 3.05) is 0 Å². The molecule has 0 atom stereocenters. The number of hydrogen-bond donors (Lipinski definition) is 0. The molecule has 1 aromatic rings. The molecule has 0 nitrogen and oxygen atoms in total. The van der Waals surface area contributed by atoms with E-state index >= 15 is 0 Å². The molecule has 0 spiro atoms. The lowest BCUT2D eigenvalue weighted by Gasteiger charge is -1.83. The first-order valence-corrected chi connectivity index (χ1v) is 5.10. The lowest BCUT2D eigenvalue weighted by atomic mass is 10.4. The summed E-state index contributed by atoms with van der Waals surface area (Å²) in [6.45, 7) is 3.59. The Morgan fingerprint density at radius 3 is 2.46 bits per heavy atom. The minimum Gasteiger partial charge on any atom is -0.0991 e. The van der Waals surface area contributed by atoms with Crippen LogP contribution in [0.5, 0.6) is 0 Å². The van der Waals surface area contributed by atoms with E-state index in [-0.39, 0.29) is 0 Å². The highest BCUT2D eigenvalue weighted by atomic mass is 32.2. The maximum atomic E-state index is 3.59. The van der Waals surface area contributed by atoms with Crippen LogP contribution in [0.4, 0.5) is 0 Å². The van der Waals surface area contributed by atoms with Gasteiger partial charge in [-0.25, -0.2) is 0 Å². The summed E-state index contributed by atoms with van der Waals surface area (Å²) in [6, 6.07) is 10.4. The maximum absolute atomic E-state index is 3.59. The van der Waals surface area contributed by atoms with Crippen LogP contribution < -0.4 is 0 Å². The number of allylic oxidation sites excluding steroid dienone is 4. The maximum Gasteiger partial charge on any atom is 0.157 e. The van der Waals surface area contributed by atoms with Crippen LogP contribution in [0.1, 0.15) is 0 Å². The summed E-state index contributed by atoms with van der Waals surface area (Å²) < 4.78 is 0. The summed E-state index contributed by atoms with van der Waals surface area (Å²) in [5.41, 5.74) is 0. The van der Waals surface area contributed by atoms with Gasteiger partial charge >= 0.3 is 0 Å². The molecule has 13 heavy (non-hydrogen) atoms. The fourth-order valence-electron chi connectivity index (χ4n) is 0.836. The largest absolute Gasteiger partial charge is 0.157 e. The van der Waals surface area contributed by atoms with Crippen LogP contribution in [0, 0.1) is 0 Å². The Morgan fingerprint density at radius 1 is 1.00 bits per heavy atom. The molecule has 0 radical (unpaired) electrons. The van der Waals surface area contributed by atoms with E-state index in [1.165, 1.54) is 16.7 Å². The van der Waals surface area contributed by atoms with E-state index in [0.717, 1.165) is 0 Å². The quantitative estimate of drug-likeness (QED) is 0.388. The van der Waals surface area contributed by atoms with Gasteiger partial charge in [0.2, 0.25) is 0 Å². The average molecular weight is 189 g/mol. The van der Waals surface area contributed by atoms with Crippen molar-refractivity contribution >= 4 is 11.8 Å². The van der Waals surface area contributed by atoms with Crippen molar-refractivity contribution in [2.24, 2.45) is 0 Å². The van der Waals surface area contributed by atoms with Gasteiger partial charge in [-0.3, -0.25) is 0 Å². The average Bonchev–Trinajstić information content (AvgIpc) is 2.19. The van der Waals surface area contributed by atoms with Crippen molar-refractivity contribution in [3.05, 3.63) is 66.6 Å². The van der Waals surface area contributed by atoms with Crippen LogP contribution in [-0.4, -0.2) is 0 Å². The number of thiol groups is 1. The molecule has 0 bridgehead atoms. The van der Waals surface area contributed by atoms with E-state index in [2.05, 4.69) is 36.3 Å². The van der Waals surface area contributed by atoms with Crippen molar-refractivity contribution in [3.8, 4) is 0 Å². The zero-order valence-corrected chi connectivity index (χ0v) is 8.32. The van der Waals surface area contributed by atoms with Gasteiger partial charge in [0.1, 0.15) is 5.41 Å². The topological polar surface area (TPSA) is 0 Å². The van der Waals surface area contributed by atoms with Crippen molar-refractivity contribution in [3.63, 3.8) is 0 Å². The highest BCUT2D eigenvalue weighted by Gasteiger charge is 1.93. The van der Waals surface area contributed by atoms with Crippen LogP contribution in [0.15, 0.2) is 71.5 Å². The third kappa shape index (κ3) is 4.38. The van der Waals surface area contributed by atoms with E-state index in [0.29, 0.717) is 0 Å². The lowest BCUT2D eigenvalue weighted by molar-refractivity contribution is 1.47. The zero-order chi connectivity index (χ0) is 9.36. The van der Waals surface area contributed by atoms with Crippen molar-refractivity contribution in [2.45, 2.75) is 4.90 Å². The Bertz CT molecular complexity index is 296. The number of benzene rings is 1. The van der Waals surface area contributed by atoms with E-state index < -0.39 is 0 Å². The summed E-state index contributed by atoms with van der Waals surface area (Å²) in [7, 11) is 0. The van der Waals surface area contributed by atoms with Gasteiger partial charge in [0.05, 0.1) is 0 Å². The molecule has 0 fully saturated rings. The first-order valence-electron chi connectivity index (χ1n) is 4.13. The second-order valence-electron chi connectivity index (χ2n) is 2.43. The van der Waals surface area contributed by atoms with Gasteiger partial charge < -0.3 is 0 Å². The Kier molecular flexibility index (Phi) is 4.80. The Balaban J connectivity index is 2.39. The van der Waals surface area contributed by atoms with Crippen LogP contribution in [-0.2, 0) is 11.8 Å². The molecule has 66 valence electrons. The van der Waals surface area contributed by atoms with E-state index in [1.807, 2.05) is 24.3 Å². The zero-order valence-electron chi connectivity index (χ0n) is 7.43. The van der Waals surface area contributed by atoms with Gasteiger partial charge in [0, 0.05) is 11.8 Å². The molecule has 0 aliphatic heterocycles. The second-order valence-corrected chi connectivity index (χ2v) is 3.50. The minimum atomic E-state index is 1.23. The number of hydrogen-bond acceptors (Lipinski definition) is 0. The summed E-state index contributed by atoms with van der Waals surface area (Å²) in [6.07, 6.45) is 7.68. The van der Waals surface area contributed by atoms with Gasteiger partial charge in [-0.1, -0.05) is 43.0 Å². The molecular weight excluding hydrogens is 176 g/mol. The molecule has 0 aliphatic rings. The molecule has 0 saturated carbocycles. The molecular formula is C12H13S+. The fraction of sp³-hybridized carbons (Fsp3) is 0. The molecule has 0 heterocycles. The van der Waals surface area contributed by atoms with Crippen molar-refractivity contribution in [1.82, 2.24) is 0 Å². The van der Waals surface area contributed by atoms with Gasteiger partial charge in [0.25, 0.3) is 0 Å². The monoisotopic (exact) mass is 189 g/mol. The fourth-order valence-corrected chi connectivity index (χ4v) is 1.54. The molecule has 0 aromatic heterocycles. The van der Waals surface area contributed by atoms with Gasteiger partial charge in [-0.2, -0.15) is 0 Å². The summed E-state index contributed by atoms with van der Waals surface area (Å²) >= 11 is 1.23. The lowest BCUT2D eigenvalue weighted by Crippen LogP contribution is -1.74. The summed E-state index contributed by atoms with van der Waals surface area (Å²) in [4.78, 5) is 1.31. The Labute approximate surface area is 83.7 Å². The SMILES string of the molecule is C=C/C=C\C=C/[SH+]c1ccccc1. The highest BCUT2D eigenvalue weighted by molar-refractivity contribution is 7.81. The van der Waals surface area contributed by atoms with Gasteiger partial charge in [-0.05, 0) is 18.2 Å². The van der Waals surface area contributed by atoms with Crippen molar-refractivity contribution in [1.29, 1.82) is 0 Å². The predicted molar refractivity (Wildman–Crippen MR) is 61.9 cm³/mol. The minimum absolute atomic E-state index is 1.23. The highest BCUT2D eigenvalue weighted by Crippen LogP contribution is 2.02. The second kappa shape index (κ2) is 6.32. The first kappa shape index (κ1) is 9.87. The predicted octanol–water partition coefficient (Wildman–Crippen LogP) is 3.12. The smallest absolute Gasteiger partial charge is 0.0991 e. The molecule has 1 heteroatoms. The Morgan fingerprint density at radius 2 is 1.77 bits per heavy atom. The third-order valence-corrected chi connectivity index (χ3v) is 2.34. The van der Waals surface area contributed by atoms with Crippen molar-refractivity contribution < 1.29 is 0 Å². The number of rotatable bonds is 4. The molecule has 0 unspecified atom stereocenters. The van der Waals surface area contributed by atoms with Crippen LogP contribution >= 0.6 is 0 Å².